The van der Waals surface area contributed by atoms with Gasteiger partial charge in [0.1, 0.15) is 0 Å². The number of likely N-dealkylation sites (tertiary alicyclic amines) is 1. The van der Waals surface area contributed by atoms with Crippen LogP contribution in [0.25, 0.3) is 0 Å². The summed E-state index contributed by atoms with van der Waals surface area (Å²) in [5.41, 5.74) is 1.20. The first-order valence-electron chi connectivity index (χ1n) is 10.4. The van der Waals surface area contributed by atoms with E-state index in [4.69, 9.17) is 11.6 Å². The van der Waals surface area contributed by atoms with Gasteiger partial charge in [0.2, 0.25) is 5.91 Å². The predicted molar refractivity (Wildman–Crippen MR) is 122 cm³/mol. The highest BCUT2D eigenvalue weighted by Gasteiger charge is 2.30. The quantitative estimate of drug-likeness (QED) is 0.664. The number of hydrogen-bond acceptors (Lipinski definition) is 4. The summed E-state index contributed by atoms with van der Waals surface area (Å²) in [6, 6.07) is 18.8. The van der Waals surface area contributed by atoms with Crippen molar-refractivity contribution in [3.8, 4) is 0 Å². The lowest BCUT2D eigenvalue weighted by Crippen LogP contribution is -2.56. The van der Waals surface area contributed by atoms with Crippen LogP contribution < -0.4 is 4.90 Å². The minimum absolute atomic E-state index is 0.265. The summed E-state index contributed by atoms with van der Waals surface area (Å²) in [7, 11) is 0. The van der Waals surface area contributed by atoms with Gasteiger partial charge in [-0.25, -0.2) is 0 Å². The minimum Gasteiger partial charge on any atom is -0.369 e. The molecule has 2 aliphatic heterocycles. The molecule has 2 aliphatic rings. The summed E-state index contributed by atoms with van der Waals surface area (Å²) < 4.78 is 0. The van der Waals surface area contributed by atoms with E-state index in [0.29, 0.717) is 11.8 Å². The number of hydrogen-bond donors (Lipinski definition) is 0. The van der Waals surface area contributed by atoms with Crippen molar-refractivity contribution in [1.82, 2.24) is 9.80 Å². The van der Waals surface area contributed by atoms with Gasteiger partial charge in [0.15, 0.2) is 0 Å². The Hall–Kier alpha value is -1.69. The number of thioether (sulfide) groups is 1. The summed E-state index contributed by atoms with van der Waals surface area (Å²) in [5.74, 6) is 0.792. The first-order chi connectivity index (χ1) is 14.2. The molecule has 4 nitrogen and oxygen atoms in total. The molecule has 0 aliphatic carbocycles. The van der Waals surface area contributed by atoms with Crippen LogP contribution in [0.5, 0.6) is 0 Å². The highest BCUT2D eigenvalue weighted by atomic mass is 35.5. The van der Waals surface area contributed by atoms with Crippen LogP contribution in [0.4, 0.5) is 5.69 Å². The Balaban J connectivity index is 1.27. The van der Waals surface area contributed by atoms with Crippen molar-refractivity contribution in [3.05, 3.63) is 59.6 Å². The lowest BCUT2D eigenvalue weighted by molar-refractivity contribution is -0.130. The molecule has 2 heterocycles. The Morgan fingerprint density at radius 1 is 1.00 bits per heavy atom. The molecular weight excluding hydrogens is 402 g/mol. The molecular formula is C23H28ClN3OS. The zero-order chi connectivity index (χ0) is 20.1. The number of nitrogens with zero attached hydrogens (tertiary/aromatic N) is 3. The van der Waals surface area contributed by atoms with Gasteiger partial charge in [0, 0.05) is 60.9 Å². The molecule has 0 saturated carbocycles. The molecule has 0 radical (unpaired) electrons. The third-order valence-corrected chi connectivity index (χ3v) is 7.09. The molecule has 2 fully saturated rings. The number of rotatable bonds is 5. The number of piperazine rings is 1. The molecule has 6 heteroatoms. The van der Waals surface area contributed by atoms with Gasteiger partial charge >= 0.3 is 0 Å². The fraction of sp³-hybridized carbons (Fsp3) is 0.435. The predicted octanol–water partition coefficient (Wildman–Crippen LogP) is 4.25. The number of amides is 1. The number of piperidine rings is 1. The maximum Gasteiger partial charge on any atom is 0.232 e. The maximum atomic E-state index is 12.7. The van der Waals surface area contributed by atoms with E-state index in [-0.39, 0.29) is 5.91 Å². The van der Waals surface area contributed by atoms with Crippen molar-refractivity contribution in [2.45, 2.75) is 23.8 Å². The van der Waals surface area contributed by atoms with Crippen molar-refractivity contribution in [3.63, 3.8) is 0 Å². The average molecular weight is 430 g/mol. The van der Waals surface area contributed by atoms with Gasteiger partial charge in [0.25, 0.3) is 0 Å². The summed E-state index contributed by atoms with van der Waals surface area (Å²) in [4.78, 5) is 21.0. The van der Waals surface area contributed by atoms with Gasteiger partial charge in [-0.3, -0.25) is 9.69 Å². The number of carbonyl (C=O) groups excluding carboxylic acids is 1. The normalized spacial score (nSPS) is 20.7. The fourth-order valence-corrected chi connectivity index (χ4v) is 5.26. The maximum absolute atomic E-state index is 12.7. The van der Waals surface area contributed by atoms with E-state index in [9.17, 15) is 4.79 Å². The van der Waals surface area contributed by atoms with Crippen LogP contribution in [0.2, 0.25) is 5.02 Å². The van der Waals surface area contributed by atoms with Crippen LogP contribution in [0.15, 0.2) is 59.5 Å². The standard InChI is InChI=1S/C23H28ClN3OS/c24-19-6-4-7-20(16-19)25-12-14-26(15-13-25)21-8-5-11-27(17-21)23(28)18-29-22-9-2-1-3-10-22/h1-4,6-7,9-10,16,21H,5,8,11-15,17-18H2/t21-/m0/s1. The van der Waals surface area contributed by atoms with Gasteiger partial charge in [-0.15, -0.1) is 11.8 Å². The molecule has 154 valence electrons. The van der Waals surface area contributed by atoms with E-state index >= 15 is 0 Å². The topological polar surface area (TPSA) is 26.8 Å². The molecule has 0 aromatic heterocycles. The number of carbonyl (C=O) groups is 1. The molecule has 0 bridgehead atoms. The summed E-state index contributed by atoms with van der Waals surface area (Å²) >= 11 is 7.78. The smallest absolute Gasteiger partial charge is 0.232 e. The first kappa shape index (κ1) is 20.6. The third-order valence-electron chi connectivity index (χ3n) is 5.86. The van der Waals surface area contributed by atoms with Gasteiger partial charge in [0.05, 0.1) is 5.75 Å². The Bertz CT molecular complexity index is 811. The largest absolute Gasteiger partial charge is 0.369 e. The molecule has 2 aromatic rings. The van der Waals surface area contributed by atoms with Crippen LogP contribution in [0, 0.1) is 0 Å². The highest BCUT2D eigenvalue weighted by molar-refractivity contribution is 8.00. The van der Waals surface area contributed by atoms with Gasteiger partial charge in [-0.05, 0) is 43.2 Å². The van der Waals surface area contributed by atoms with Gasteiger partial charge in [-0.1, -0.05) is 35.9 Å². The van der Waals surface area contributed by atoms with Crippen molar-refractivity contribution in [1.29, 1.82) is 0 Å². The Kier molecular flexibility index (Phi) is 7.01. The molecule has 0 unspecified atom stereocenters. The molecule has 0 N–H and O–H groups in total. The first-order valence-corrected chi connectivity index (χ1v) is 11.8. The molecule has 4 rings (SSSR count). The van der Waals surface area contributed by atoms with Crippen molar-refractivity contribution in [2.24, 2.45) is 0 Å². The van der Waals surface area contributed by atoms with Crippen molar-refractivity contribution < 1.29 is 4.79 Å². The second kappa shape index (κ2) is 9.88. The van der Waals surface area contributed by atoms with Crippen molar-refractivity contribution in [2.75, 3.05) is 49.9 Å². The van der Waals surface area contributed by atoms with Crippen LogP contribution in [0.1, 0.15) is 12.8 Å². The Labute approximate surface area is 182 Å². The third kappa shape index (κ3) is 5.47. The second-order valence-electron chi connectivity index (χ2n) is 7.74. The minimum atomic E-state index is 0.265. The molecule has 1 atom stereocenters. The SMILES string of the molecule is O=C(CSc1ccccc1)N1CCC[C@H](N2CCN(c3cccc(Cl)c3)CC2)C1. The van der Waals surface area contributed by atoms with E-state index in [0.717, 1.165) is 55.6 Å². The second-order valence-corrected chi connectivity index (χ2v) is 9.23. The summed E-state index contributed by atoms with van der Waals surface area (Å²) in [6.45, 7) is 5.86. The molecule has 29 heavy (non-hydrogen) atoms. The molecule has 1 amide bonds. The monoisotopic (exact) mass is 429 g/mol. The number of benzene rings is 2. The molecule has 2 saturated heterocycles. The number of anilines is 1. The van der Waals surface area contributed by atoms with Crippen LogP contribution in [-0.4, -0.2) is 66.8 Å². The van der Waals surface area contributed by atoms with E-state index in [1.165, 1.54) is 12.1 Å². The fourth-order valence-electron chi connectivity index (χ4n) is 4.25. The van der Waals surface area contributed by atoms with Crippen LogP contribution in [-0.2, 0) is 4.79 Å². The van der Waals surface area contributed by atoms with Gasteiger partial charge < -0.3 is 9.80 Å². The Morgan fingerprint density at radius 2 is 1.79 bits per heavy atom. The van der Waals surface area contributed by atoms with E-state index in [2.05, 4.69) is 32.9 Å². The summed E-state index contributed by atoms with van der Waals surface area (Å²) in [6.07, 6.45) is 2.29. The van der Waals surface area contributed by atoms with Crippen LogP contribution in [0.3, 0.4) is 0 Å². The molecule has 0 spiro atoms. The lowest BCUT2D eigenvalue weighted by atomic mass is 10.0. The Morgan fingerprint density at radius 3 is 2.55 bits per heavy atom. The van der Waals surface area contributed by atoms with E-state index in [1.54, 1.807) is 11.8 Å². The molecule has 2 aromatic carbocycles. The lowest BCUT2D eigenvalue weighted by Gasteiger charge is -2.44. The number of halogens is 1. The van der Waals surface area contributed by atoms with Gasteiger partial charge in [-0.2, -0.15) is 0 Å². The highest BCUT2D eigenvalue weighted by Crippen LogP contribution is 2.24. The summed E-state index contributed by atoms with van der Waals surface area (Å²) in [5, 5.41) is 0.791. The zero-order valence-electron chi connectivity index (χ0n) is 16.7. The average Bonchev–Trinajstić information content (AvgIpc) is 2.78. The van der Waals surface area contributed by atoms with Crippen molar-refractivity contribution >= 4 is 35.0 Å². The van der Waals surface area contributed by atoms with Crippen LogP contribution >= 0.6 is 23.4 Å². The zero-order valence-corrected chi connectivity index (χ0v) is 18.2. The van der Waals surface area contributed by atoms with E-state index in [1.807, 2.05) is 36.4 Å². The van der Waals surface area contributed by atoms with E-state index < -0.39 is 0 Å².